The number of methoxy groups -OCH3 is 1. The predicted molar refractivity (Wildman–Crippen MR) is 65.8 cm³/mol. The lowest BCUT2D eigenvalue weighted by Gasteiger charge is -2.00. The van der Waals surface area contributed by atoms with Gasteiger partial charge in [0.2, 0.25) is 0 Å². The average Bonchev–Trinajstić information content (AvgIpc) is 2.92. The minimum absolute atomic E-state index is 0.0533. The van der Waals surface area contributed by atoms with Gasteiger partial charge in [-0.15, -0.1) is 0 Å². The first-order valence-electron chi connectivity index (χ1n) is 5.49. The number of carbonyl (C=O) groups excluding carboxylic acids is 1. The van der Waals surface area contributed by atoms with Gasteiger partial charge in [-0.05, 0) is 12.5 Å². The topological polar surface area (TPSA) is 29.3 Å². The molecular weight excluding hydrogens is 214 g/mol. The third kappa shape index (κ3) is 2.75. The number of allylic oxidation sites excluding steroid dienone is 1. The van der Waals surface area contributed by atoms with Crippen LogP contribution in [0.5, 0.6) is 0 Å². The largest absolute Gasteiger partial charge is 0.502 e. The first-order valence-corrected chi connectivity index (χ1v) is 5.49. The molecule has 1 aliphatic rings. The molecule has 0 N–H and O–H groups in total. The summed E-state index contributed by atoms with van der Waals surface area (Å²) in [5, 5.41) is 0. The van der Waals surface area contributed by atoms with Crippen LogP contribution in [-0.4, -0.2) is 17.8 Å². The van der Waals surface area contributed by atoms with Gasteiger partial charge in [-0.2, -0.15) is 0 Å². The van der Waals surface area contributed by atoms with E-state index < -0.39 is 0 Å². The third-order valence-corrected chi connectivity index (χ3v) is 2.55. The van der Waals surface area contributed by atoms with Gasteiger partial charge in [-0.25, -0.2) is 0 Å². The van der Waals surface area contributed by atoms with Crippen LogP contribution in [0.1, 0.15) is 12.5 Å². The second-order valence-electron chi connectivity index (χ2n) is 3.95. The molecule has 1 aliphatic heterocycles. The van der Waals surface area contributed by atoms with Crippen LogP contribution in [0.4, 0.5) is 0 Å². The summed E-state index contributed by atoms with van der Waals surface area (Å²) in [5.74, 6) is 0.0533. The van der Waals surface area contributed by atoms with Gasteiger partial charge in [0.1, 0.15) is 12.0 Å². The van der Waals surface area contributed by atoms with E-state index in [-0.39, 0.29) is 5.78 Å². The maximum absolute atomic E-state index is 11.1. The summed E-state index contributed by atoms with van der Waals surface area (Å²) in [6.07, 6.45) is 3.30. The monoisotopic (exact) mass is 229 g/mol. The Morgan fingerprint density at radius 2 is 2.00 bits per heavy atom. The van der Waals surface area contributed by atoms with E-state index in [9.17, 15) is 4.79 Å². The number of ketones is 1. The number of benzene rings is 1. The van der Waals surface area contributed by atoms with Crippen molar-refractivity contribution in [1.29, 1.82) is 0 Å². The van der Waals surface area contributed by atoms with Gasteiger partial charge in [-0.1, -0.05) is 30.3 Å². The predicted octanol–water partition coefficient (Wildman–Crippen LogP) is 2.46. The molecule has 0 bridgehead atoms. The summed E-state index contributed by atoms with van der Waals surface area (Å²) in [6.45, 7) is 2.32. The Labute approximate surface area is 101 Å². The van der Waals surface area contributed by atoms with Crippen molar-refractivity contribution in [2.45, 2.75) is 13.5 Å². The van der Waals surface area contributed by atoms with Crippen molar-refractivity contribution in [3.63, 3.8) is 0 Å². The highest BCUT2D eigenvalue weighted by Crippen LogP contribution is 2.39. The molecule has 1 saturated heterocycles. The maximum Gasteiger partial charge on any atom is 0.154 e. The van der Waals surface area contributed by atoms with Crippen LogP contribution in [0.25, 0.3) is 0 Å². The van der Waals surface area contributed by atoms with Gasteiger partial charge in [0.25, 0.3) is 0 Å². The molecule has 0 saturated carbocycles. The van der Waals surface area contributed by atoms with Crippen molar-refractivity contribution in [2.24, 2.45) is 0 Å². The first-order chi connectivity index (χ1) is 8.22. The smallest absolute Gasteiger partial charge is 0.154 e. The summed E-state index contributed by atoms with van der Waals surface area (Å²) in [4.78, 5) is 13.1. The van der Waals surface area contributed by atoms with Crippen molar-refractivity contribution < 1.29 is 9.53 Å². The van der Waals surface area contributed by atoms with Gasteiger partial charge < -0.3 is 9.64 Å². The number of ether oxygens (including phenoxy) is 1. The second kappa shape index (κ2) is 4.87. The molecule has 17 heavy (non-hydrogen) atoms. The van der Waals surface area contributed by atoms with Gasteiger partial charge >= 0.3 is 0 Å². The lowest BCUT2D eigenvalue weighted by Crippen LogP contribution is -1.95. The molecule has 1 heterocycles. The zero-order chi connectivity index (χ0) is 12.3. The zero-order valence-electron chi connectivity index (χ0n) is 10.0. The molecule has 0 radical (unpaired) electrons. The van der Waals surface area contributed by atoms with Gasteiger partial charge in [0.05, 0.1) is 12.8 Å². The van der Waals surface area contributed by atoms with E-state index in [1.165, 1.54) is 5.56 Å². The van der Waals surface area contributed by atoms with E-state index in [0.29, 0.717) is 0 Å². The Balaban J connectivity index is 2.12. The fourth-order valence-corrected chi connectivity index (χ4v) is 1.74. The third-order valence-electron chi connectivity index (χ3n) is 2.55. The highest BCUT2D eigenvalue weighted by atomic mass is 16.5. The normalized spacial score (nSPS) is 18.6. The van der Waals surface area contributed by atoms with Gasteiger partial charge in [-0.3, -0.25) is 4.79 Å². The van der Waals surface area contributed by atoms with Crippen molar-refractivity contribution in [1.82, 2.24) is 4.90 Å². The molecule has 2 rings (SSSR count). The number of carbonyl (C=O) groups is 1. The van der Waals surface area contributed by atoms with Crippen molar-refractivity contribution in [3.8, 4) is 0 Å². The number of hydrogen-bond donors (Lipinski definition) is 0. The number of nitrogens with zero attached hydrogens (tertiary/aromatic N) is 1. The van der Waals surface area contributed by atoms with Crippen LogP contribution in [0.15, 0.2) is 54.1 Å². The fourth-order valence-electron chi connectivity index (χ4n) is 1.74. The molecule has 1 aromatic carbocycles. The van der Waals surface area contributed by atoms with Crippen LogP contribution < -0.4 is 0 Å². The standard InChI is InChI=1S/C14H15NO2/c1-11(16)8-13-14(10-17-2)15(13)9-12-6-4-3-5-7-12/h3-8,10H,9H2,1-2H3. The Kier molecular flexibility index (Phi) is 3.28. The van der Waals surface area contributed by atoms with Crippen LogP contribution in [0, 0.1) is 0 Å². The Morgan fingerprint density at radius 3 is 2.59 bits per heavy atom. The minimum atomic E-state index is 0.0533. The fraction of sp³-hybridized carbons (Fsp3) is 0.214. The molecule has 3 heteroatoms. The number of hydrogen-bond acceptors (Lipinski definition) is 3. The Morgan fingerprint density at radius 1 is 1.29 bits per heavy atom. The maximum atomic E-state index is 11.1. The molecule has 88 valence electrons. The van der Waals surface area contributed by atoms with Crippen molar-refractivity contribution >= 4 is 5.78 Å². The quantitative estimate of drug-likeness (QED) is 0.451. The molecule has 0 amide bonds. The molecule has 1 aromatic rings. The summed E-state index contributed by atoms with van der Waals surface area (Å²) in [7, 11) is 1.61. The number of rotatable bonds is 4. The summed E-state index contributed by atoms with van der Waals surface area (Å²) in [6, 6.07) is 10.1. The highest BCUT2D eigenvalue weighted by Gasteiger charge is 2.34. The Hall–Kier alpha value is -2.03. The van der Waals surface area contributed by atoms with E-state index >= 15 is 0 Å². The second-order valence-corrected chi connectivity index (χ2v) is 3.95. The van der Waals surface area contributed by atoms with E-state index in [4.69, 9.17) is 4.74 Å². The zero-order valence-corrected chi connectivity index (χ0v) is 10.0. The molecule has 0 spiro atoms. The van der Waals surface area contributed by atoms with Crippen LogP contribution >= 0.6 is 0 Å². The minimum Gasteiger partial charge on any atom is -0.502 e. The molecule has 1 fully saturated rings. The molecule has 0 aromatic heterocycles. The Bertz CT molecular complexity index is 474. The average molecular weight is 229 g/mol. The molecular formula is C14H15NO2. The van der Waals surface area contributed by atoms with E-state index in [1.807, 2.05) is 18.2 Å². The lowest BCUT2D eigenvalue weighted by molar-refractivity contribution is -0.112. The molecule has 0 unspecified atom stereocenters. The van der Waals surface area contributed by atoms with Crippen LogP contribution in [-0.2, 0) is 16.1 Å². The highest BCUT2D eigenvalue weighted by molar-refractivity contribution is 5.89. The summed E-state index contributed by atoms with van der Waals surface area (Å²) in [5.41, 5.74) is 3.14. The summed E-state index contributed by atoms with van der Waals surface area (Å²) >= 11 is 0. The van der Waals surface area contributed by atoms with Crippen LogP contribution in [0.3, 0.4) is 0 Å². The van der Waals surface area contributed by atoms with Gasteiger partial charge in [0.15, 0.2) is 5.78 Å². The van der Waals surface area contributed by atoms with E-state index in [1.54, 1.807) is 26.4 Å². The van der Waals surface area contributed by atoms with Crippen LogP contribution in [0.2, 0.25) is 0 Å². The molecule has 0 atom stereocenters. The first kappa shape index (κ1) is 11.5. The van der Waals surface area contributed by atoms with Crippen molar-refractivity contribution in [3.05, 3.63) is 59.6 Å². The van der Waals surface area contributed by atoms with E-state index in [0.717, 1.165) is 17.9 Å². The van der Waals surface area contributed by atoms with E-state index in [2.05, 4.69) is 17.0 Å². The SMILES string of the molecule is COC=C1C(=CC(C)=O)N1Cc1ccccc1. The van der Waals surface area contributed by atoms with Gasteiger partial charge in [0, 0.05) is 12.6 Å². The molecule has 0 aliphatic carbocycles. The molecule has 3 nitrogen and oxygen atoms in total. The summed E-state index contributed by atoms with van der Waals surface area (Å²) < 4.78 is 4.99. The van der Waals surface area contributed by atoms with Crippen molar-refractivity contribution in [2.75, 3.05) is 7.11 Å². The lowest BCUT2D eigenvalue weighted by atomic mass is 10.2.